The molecular weight excluding hydrogens is 304 g/mol. The summed E-state index contributed by atoms with van der Waals surface area (Å²) in [6.07, 6.45) is 0. The van der Waals surface area contributed by atoms with Crippen LogP contribution in [0.1, 0.15) is 17.2 Å². The summed E-state index contributed by atoms with van der Waals surface area (Å²) in [5.74, 6) is -0.0197. The Labute approximate surface area is 120 Å². The predicted molar refractivity (Wildman–Crippen MR) is 80.3 cm³/mol. The monoisotopic (exact) mass is 316 g/mol. The van der Waals surface area contributed by atoms with Gasteiger partial charge >= 0.3 is 0 Å². The van der Waals surface area contributed by atoms with Gasteiger partial charge in [-0.2, -0.15) is 0 Å². The van der Waals surface area contributed by atoms with Crippen LogP contribution in [0.25, 0.3) is 0 Å². The topological polar surface area (TPSA) is 41.1 Å². The zero-order chi connectivity index (χ0) is 13.4. The van der Waals surface area contributed by atoms with Crippen LogP contribution in [-0.2, 0) is 4.79 Å². The number of fused-ring (bicyclic) bond motifs is 1. The van der Waals surface area contributed by atoms with Crippen molar-refractivity contribution in [3.63, 3.8) is 0 Å². The largest absolute Gasteiger partial charge is 0.369 e. The quantitative estimate of drug-likeness (QED) is 0.883. The van der Waals surface area contributed by atoms with Gasteiger partial charge in [0.05, 0.1) is 0 Å². The maximum Gasteiger partial charge on any atom is 0.251 e. The van der Waals surface area contributed by atoms with Crippen LogP contribution in [0.3, 0.4) is 0 Å². The number of para-hydroxylation sites is 1. The molecule has 4 heteroatoms. The van der Waals surface area contributed by atoms with E-state index in [9.17, 15) is 4.79 Å². The number of hydrogen-bond donors (Lipinski definition) is 2. The van der Waals surface area contributed by atoms with Crippen molar-refractivity contribution in [2.45, 2.75) is 13.0 Å². The van der Waals surface area contributed by atoms with E-state index in [0.717, 1.165) is 21.4 Å². The van der Waals surface area contributed by atoms with Crippen molar-refractivity contribution < 1.29 is 4.79 Å². The van der Waals surface area contributed by atoms with Gasteiger partial charge in [0.1, 0.15) is 6.04 Å². The fourth-order valence-corrected chi connectivity index (χ4v) is 2.85. The highest BCUT2D eigenvalue weighted by molar-refractivity contribution is 9.10. The molecule has 1 heterocycles. The van der Waals surface area contributed by atoms with Crippen LogP contribution in [0.2, 0.25) is 0 Å². The van der Waals surface area contributed by atoms with Crippen LogP contribution in [0.4, 0.5) is 11.4 Å². The average molecular weight is 317 g/mol. The first kappa shape index (κ1) is 12.2. The van der Waals surface area contributed by atoms with E-state index >= 15 is 0 Å². The molecule has 0 aliphatic carbocycles. The lowest BCUT2D eigenvalue weighted by atomic mass is 10.1. The number of halogens is 1. The van der Waals surface area contributed by atoms with Crippen molar-refractivity contribution in [1.82, 2.24) is 0 Å². The minimum absolute atomic E-state index is 0.0197. The van der Waals surface area contributed by atoms with E-state index in [2.05, 4.69) is 26.6 Å². The Kier molecular flexibility index (Phi) is 3.03. The van der Waals surface area contributed by atoms with Crippen molar-refractivity contribution in [2.24, 2.45) is 0 Å². The highest BCUT2D eigenvalue weighted by atomic mass is 79.9. The van der Waals surface area contributed by atoms with Gasteiger partial charge in [0.15, 0.2) is 0 Å². The van der Waals surface area contributed by atoms with E-state index < -0.39 is 0 Å². The zero-order valence-electron chi connectivity index (χ0n) is 10.4. The molecule has 2 aromatic rings. The molecule has 0 spiro atoms. The second kappa shape index (κ2) is 4.70. The van der Waals surface area contributed by atoms with Gasteiger partial charge in [-0.1, -0.05) is 24.3 Å². The fourth-order valence-electron chi connectivity index (χ4n) is 2.24. The summed E-state index contributed by atoms with van der Waals surface area (Å²) in [4.78, 5) is 12.0. The number of carbonyl (C=O) groups is 1. The summed E-state index contributed by atoms with van der Waals surface area (Å²) in [6.45, 7) is 2.03. The molecule has 0 bridgehead atoms. The number of amides is 1. The smallest absolute Gasteiger partial charge is 0.251 e. The number of hydrogen-bond acceptors (Lipinski definition) is 2. The van der Waals surface area contributed by atoms with Gasteiger partial charge in [0, 0.05) is 21.4 Å². The van der Waals surface area contributed by atoms with Crippen LogP contribution in [0, 0.1) is 6.92 Å². The summed E-state index contributed by atoms with van der Waals surface area (Å²) in [6, 6.07) is 13.4. The van der Waals surface area contributed by atoms with Crippen LogP contribution < -0.4 is 10.6 Å². The molecular formula is C15H13BrN2O. The van der Waals surface area contributed by atoms with E-state index in [4.69, 9.17) is 0 Å². The lowest BCUT2D eigenvalue weighted by Gasteiger charge is -2.14. The molecule has 1 aliphatic heterocycles. The number of rotatable bonds is 2. The minimum Gasteiger partial charge on any atom is -0.369 e. The molecule has 1 aliphatic rings. The number of benzene rings is 2. The summed E-state index contributed by atoms with van der Waals surface area (Å²) in [5, 5.41) is 6.17. The molecule has 96 valence electrons. The molecule has 0 radical (unpaired) electrons. The molecule has 1 amide bonds. The highest BCUT2D eigenvalue weighted by Crippen LogP contribution is 2.34. The molecule has 0 saturated carbocycles. The Morgan fingerprint density at radius 1 is 1.21 bits per heavy atom. The van der Waals surface area contributed by atoms with E-state index in [1.165, 1.54) is 5.56 Å². The zero-order valence-corrected chi connectivity index (χ0v) is 12.0. The maximum atomic E-state index is 12.0. The lowest BCUT2D eigenvalue weighted by molar-refractivity contribution is -0.116. The summed E-state index contributed by atoms with van der Waals surface area (Å²) in [5.41, 5.74) is 3.96. The van der Waals surface area contributed by atoms with E-state index in [1.807, 2.05) is 49.4 Å². The van der Waals surface area contributed by atoms with Gasteiger partial charge in [0.25, 0.3) is 5.91 Å². The minimum atomic E-state index is -0.338. The Morgan fingerprint density at radius 3 is 2.79 bits per heavy atom. The molecule has 2 aromatic carbocycles. The molecule has 0 aromatic heterocycles. The van der Waals surface area contributed by atoms with Crippen LogP contribution >= 0.6 is 15.9 Å². The van der Waals surface area contributed by atoms with Crippen molar-refractivity contribution in [1.29, 1.82) is 0 Å². The van der Waals surface area contributed by atoms with Gasteiger partial charge in [0.2, 0.25) is 0 Å². The standard InChI is InChI=1S/C15H13BrN2O/c1-9-6-7-13(11(16)8-9)17-14-10-4-2-3-5-12(10)18-15(14)19/h2-8,14,17H,1H3,(H,18,19). The summed E-state index contributed by atoms with van der Waals surface area (Å²) in [7, 11) is 0. The van der Waals surface area contributed by atoms with Gasteiger partial charge in [-0.3, -0.25) is 4.79 Å². The van der Waals surface area contributed by atoms with Crippen molar-refractivity contribution in [2.75, 3.05) is 10.6 Å². The van der Waals surface area contributed by atoms with Gasteiger partial charge in [-0.25, -0.2) is 0 Å². The second-order valence-corrected chi connectivity index (χ2v) is 5.49. The maximum absolute atomic E-state index is 12.0. The van der Waals surface area contributed by atoms with E-state index in [1.54, 1.807) is 0 Å². The van der Waals surface area contributed by atoms with E-state index in [0.29, 0.717) is 0 Å². The summed E-state index contributed by atoms with van der Waals surface area (Å²) >= 11 is 3.52. The predicted octanol–water partition coefficient (Wildman–Crippen LogP) is 3.86. The number of aryl methyl sites for hydroxylation is 1. The third kappa shape index (κ3) is 2.24. The molecule has 3 nitrogen and oxygen atoms in total. The normalized spacial score (nSPS) is 16.9. The Balaban J connectivity index is 1.93. The Bertz CT molecular complexity index is 654. The molecule has 0 saturated heterocycles. The van der Waals surface area contributed by atoms with Gasteiger partial charge < -0.3 is 10.6 Å². The second-order valence-electron chi connectivity index (χ2n) is 4.64. The first-order valence-corrected chi connectivity index (χ1v) is 6.87. The molecule has 1 unspecified atom stereocenters. The number of nitrogens with one attached hydrogen (secondary N) is 2. The van der Waals surface area contributed by atoms with Crippen LogP contribution in [-0.4, -0.2) is 5.91 Å². The molecule has 2 N–H and O–H groups in total. The van der Waals surface area contributed by atoms with Crippen LogP contribution in [0.5, 0.6) is 0 Å². The number of carbonyl (C=O) groups excluding carboxylic acids is 1. The first-order chi connectivity index (χ1) is 9.15. The van der Waals surface area contributed by atoms with Gasteiger partial charge in [-0.15, -0.1) is 0 Å². The van der Waals surface area contributed by atoms with Gasteiger partial charge in [-0.05, 0) is 46.6 Å². The fraction of sp³-hybridized carbons (Fsp3) is 0.133. The molecule has 1 atom stereocenters. The number of anilines is 2. The van der Waals surface area contributed by atoms with Crippen molar-refractivity contribution in [3.05, 3.63) is 58.1 Å². The van der Waals surface area contributed by atoms with Crippen molar-refractivity contribution in [3.8, 4) is 0 Å². The van der Waals surface area contributed by atoms with Crippen LogP contribution in [0.15, 0.2) is 46.9 Å². The average Bonchev–Trinajstić information content (AvgIpc) is 2.69. The molecule has 19 heavy (non-hydrogen) atoms. The summed E-state index contributed by atoms with van der Waals surface area (Å²) < 4.78 is 0.963. The third-order valence-corrected chi connectivity index (χ3v) is 3.87. The Morgan fingerprint density at radius 2 is 2.00 bits per heavy atom. The first-order valence-electron chi connectivity index (χ1n) is 6.07. The molecule has 0 fully saturated rings. The highest BCUT2D eigenvalue weighted by Gasteiger charge is 2.30. The van der Waals surface area contributed by atoms with E-state index in [-0.39, 0.29) is 11.9 Å². The Hall–Kier alpha value is -1.81. The SMILES string of the molecule is Cc1ccc(NC2C(=O)Nc3ccccc32)c(Br)c1. The lowest BCUT2D eigenvalue weighted by Crippen LogP contribution is -2.19. The van der Waals surface area contributed by atoms with Crippen molar-refractivity contribution >= 4 is 33.2 Å². The molecule has 3 rings (SSSR count). The third-order valence-electron chi connectivity index (χ3n) is 3.22.